The molecule has 102 valence electrons. The third-order valence-corrected chi connectivity index (χ3v) is 3.81. The molecule has 3 aromatic carbocycles. The van der Waals surface area contributed by atoms with E-state index in [1.807, 2.05) is 42.5 Å². The Labute approximate surface area is 134 Å². The molecule has 1 aromatic heterocycles. The van der Waals surface area contributed by atoms with Crippen molar-refractivity contribution in [3.05, 3.63) is 70.7 Å². The first-order chi connectivity index (χ1) is 11.1. The van der Waals surface area contributed by atoms with Crippen LogP contribution in [0.1, 0.15) is 2.74 Å². The van der Waals surface area contributed by atoms with Gasteiger partial charge in [0.2, 0.25) is 0 Å². The van der Waals surface area contributed by atoms with Crippen molar-refractivity contribution in [1.29, 1.82) is 0 Å². The van der Waals surface area contributed by atoms with Gasteiger partial charge in [-0.15, -0.1) is 0 Å². The van der Waals surface area contributed by atoms with Crippen molar-refractivity contribution >= 4 is 45.1 Å². The highest BCUT2D eigenvalue weighted by atomic mass is 35.5. The van der Waals surface area contributed by atoms with E-state index < -0.39 is 0 Å². The first kappa shape index (κ1) is 10.7. The molecular weight excluding hydrogens is 303 g/mol. The highest BCUT2D eigenvalue weighted by Gasteiger charge is 2.08. The Bertz CT molecular complexity index is 1040. The molecule has 0 aliphatic heterocycles. The largest absolute Gasteiger partial charge is 0.456 e. The van der Waals surface area contributed by atoms with Crippen LogP contribution in [-0.2, 0) is 0 Å². The number of halogens is 2. The minimum atomic E-state index is 0.105. The van der Waals surface area contributed by atoms with Crippen molar-refractivity contribution in [1.82, 2.24) is 0 Å². The summed E-state index contributed by atoms with van der Waals surface area (Å²) in [5.74, 6) is 0. The molecule has 0 saturated heterocycles. The Balaban J connectivity index is 2.06. The van der Waals surface area contributed by atoms with Crippen LogP contribution >= 0.6 is 23.2 Å². The van der Waals surface area contributed by atoms with Crippen LogP contribution in [0.4, 0.5) is 0 Å². The van der Waals surface area contributed by atoms with Crippen molar-refractivity contribution in [2.75, 3.05) is 0 Å². The predicted molar refractivity (Wildman–Crippen MR) is 89.2 cm³/mol. The Morgan fingerprint density at radius 1 is 0.762 bits per heavy atom. The van der Waals surface area contributed by atoms with E-state index >= 15 is 0 Å². The van der Waals surface area contributed by atoms with Crippen molar-refractivity contribution < 1.29 is 7.16 Å². The van der Waals surface area contributed by atoms with Crippen molar-refractivity contribution in [3.8, 4) is 11.1 Å². The van der Waals surface area contributed by atoms with E-state index in [2.05, 4.69) is 0 Å². The highest BCUT2D eigenvalue weighted by Crippen LogP contribution is 2.33. The second-order valence-corrected chi connectivity index (χ2v) is 5.59. The molecule has 0 fully saturated rings. The maximum absolute atomic E-state index is 8.17. The minimum Gasteiger partial charge on any atom is -0.456 e. The van der Waals surface area contributed by atoms with Crippen molar-refractivity contribution in [2.24, 2.45) is 0 Å². The first-order valence-electron chi connectivity index (χ1n) is 7.43. The van der Waals surface area contributed by atoms with Gasteiger partial charge in [-0.25, -0.2) is 0 Å². The Hall–Kier alpha value is -1.96. The average Bonchev–Trinajstić information content (AvgIpc) is 2.91. The fourth-order valence-electron chi connectivity index (χ4n) is 2.48. The molecule has 0 saturated carbocycles. The summed E-state index contributed by atoms with van der Waals surface area (Å²) < 4.78 is 22.1. The molecule has 0 N–H and O–H groups in total. The van der Waals surface area contributed by atoms with Gasteiger partial charge in [-0.2, -0.15) is 0 Å². The molecule has 0 amide bonds. The Kier molecular flexibility index (Phi) is 2.45. The standard InChI is InChI=1S/C18H10Cl2O/c19-13-7-12(8-14(20)10-13)11-5-6-18-16(9-11)15-3-1-2-4-17(15)21-18/h1-10H/i7D,8D. The molecule has 0 radical (unpaired) electrons. The SMILES string of the molecule is [2H]c1c(Cl)cc(Cl)c([2H])c1-c1ccc2oc3ccccc3c2c1. The Morgan fingerprint density at radius 2 is 1.48 bits per heavy atom. The summed E-state index contributed by atoms with van der Waals surface area (Å²) in [6.45, 7) is 0. The van der Waals surface area contributed by atoms with Gasteiger partial charge in [0.1, 0.15) is 11.2 Å². The van der Waals surface area contributed by atoms with Gasteiger partial charge in [-0.05, 0) is 47.5 Å². The number of furan rings is 1. The van der Waals surface area contributed by atoms with Crippen LogP contribution in [0.2, 0.25) is 10.0 Å². The number of fused-ring (bicyclic) bond motifs is 3. The predicted octanol–water partition coefficient (Wildman–Crippen LogP) is 6.56. The van der Waals surface area contributed by atoms with E-state index in [1.54, 1.807) is 0 Å². The van der Waals surface area contributed by atoms with Crippen LogP contribution in [0.15, 0.2) is 65.0 Å². The van der Waals surface area contributed by atoms with E-state index in [9.17, 15) is 0 Å². The minimum absolute atomic E-state index is 0.105. The molecule has 0 bridgehead atoms. The molecule has 4 rings (SSSR count). The lowest BCUT2D eigenvalue weighted by molar-refractivity contribution is 0.669. The van der Waals surface area contributed by atoms with Crippen molar-refractivity contribution in [3.63, 3.8) is 0 Å². The lowest BCUT2D eigenvalue weighted by Crippen LogP contribution is -1.78. The number of benzene rings is 3. The fraction of sp³-hybridized carbons (Fsp3) is 0. The summed E-state index contributed by atoms with van der Waals surface area (Å²) in [7, 11) is 0. The monoisotopic (exact) mass is 314 g/mol. The molecule has 3 heteroatoms. The number of hydrogen-bond donors (Lipinski definition) is 0. The molecule has 0 spiro atoms. The maximum Gasteiger partial charge on any atom is 0.135 e. The molecule has 1 nitrogen and oxygen atoms in total. The summed E-state index contributed by atoms with van der Waals surface area (Å²) in [5.41, 5.74) is 2.72. The van der Waals surface area contributed by atoms with Gasteiger partial charge in [-0.3, -0.25) is 0 Å². The van der Waals surface area contributed by atoms with E-state index in [-0.39, 0.29) is 22.1 Å². The quantitative estimate of drug-likeness (QED) is 0.388. The fourth-order valence-corrected chi connectivity index (χ4v) is 2.94. The summed E-state index contributed by atoms with van der Waals surface area (Å²) in [6, 6.07) is 15.0. The molecule has 0 aliphatic rings. The zero-order chi connectivity index (χ0) is 16.1. The average molecular weight is 315 g/mol. The lowest BCUT2D eigenvalue weighted by atomic mass is 10.0. The molecule has 0 atom stereocenters. The van der Waals surface area contributed by atoms with Gasteiger partial charge in [0, 0.05) is 20.8 Å². The summed E-state index contributed by atoms with van der Waals surface area (Å²) in [5, 5.41) is 2.40. The van der Waals surface area contributed by atoms with Gasteiger partial charge in [0.25, 0.3) is 0 Å². The zero-order valence-corrected chi connectivity index (χ0v) is 12.3. The lowest BCUT2D eigenvalue weighted by Gasteiger charge is -2.04. The van der Waals surface area contributed by atoms with Crippen LogP contribution in [0.5, 0.6) is 0 Å². The molecule has 0 aliphatic carbocycles. The molecule has 21 heavy (non-hydrogen) atoms. The van der Waals surface area contributed by atoms with Crippen LogP contribution in [0, 0.1) is 0 Å². The van der Waals surface area contributed by atoms with Crippen LogP contribution in [-0.4, -0.2) is 0 Å². The normalized spacial score (nSPS) is 12.7. The zero-order valence-electron chi connectivity index (χ0n) is 12.8. The first-order valence-corrected chi connectivity index (χ1v) is 7.18. The van der Waals surface area contributed by atoms with Crippen LogP contribution < -0.4 is 0 Å². The molecular formula is C18H10Cl2O. The van der Waals surface area contributed by atoms with Gasteiger partial charge in [0.15, 0.2) is 0 Å². The maximum atomic E-state index is 8.17. The van der Waals surface area contributed by atoms with Gasteiger partial charge < -0.3 is 4.42 Å². The van der Waals surface area contributed by atoms with E-state index in [0.717, 1.165) is 27.5 Å². The van der Waals surface area contributed by atoms with Crippen molar-refractivity contribution in [2.45, 2.75) is 0 Å². The topological polar surface area (TPSA) is 13.1 Å². The van der Waals surface area contributed by atoms with E-state index in [0.29, 0.717) is 5.56 Å². The van der Waals surface area contributed by atoms with E-state index in [1.165, 1.54) is 6.07 Å². The molecule has 0 unspecified atom stereocenters. The number of rotatable bonds is 1. The van der Waals surface area contributed by atoms with Crippen LogP contribution in [0.3, 0.4) is 0 Å². The van der Waals surface area contributed by atoms with E-state index in [4.69, 9.17) is 30.4 Å². The molecule has 4 aromatic rings. The number of hydrogen-bond acceptors (Lipinski definition) is 1. The van der Waals surface area contributed by atoms with Gasteiger partial charge in [-0.1, -0.05) is 47.5 Å². The third kappa shape index (κ3) is 2.19. The van der Waals surface area contributed by atoms with Crippen LogP contribution in [0.25, 0.3) is 33.1 Å². The second kappa shape index (κ2) is 4.80. The third-order valence-electron chi connectivity index (χ3n) is 3.41. The number of para-hydroxylation sites is 1. The summed E-state index contributed by atoms with van der Waals surface area (Å²) in [4.78, 5) is 0. The smallest absolute Gasteiger partial charge is 0.135 e. The van der Waals surface area contributed by atoms with Gasteiger partial charge >= 0.3 is 0 Å². The summed E-state index contributed by atoms with van der Waals surface area (Å²) in [6.07, 6.45) is 0. The highest BCUT2D eigenvalue weighted by molar-refractivity contribution is 6.35. The van der Waals surface area contributed by atoms with Gasteiger partial charge in [0.05, 0.1) is 2.74 Å². The second-order valence-electron chi connectivity index (χ2n) is 4.77. The Morgan fingerprint density at radius 3 is 2.29 bits per heavy atom. The molecule has 1 heterocycles. The summed E-state index contributed by atoms with van der Waals surface area (Å²) >= 11 is 12.1.